The van der Waals surface area contributed by atoms with Crippen LogP contribution in [-0.4, -0.2) is 25.5 Å². The molecule has 0 bridgehead atoms. The summed E-state index contributed by atoms with van der Waals surface area (Å²) in [5, 5.41) is 15.3. The van der Waals surface area contributed by atoms with Crippen LogP contribution in [0, 0.1) is 0 Å². The number of hydrogen-bond donors (Lipinski definition) is 1. The minimum atomic E-state index is -1.05. The van der Waals surface area contributed by atoms with Crippen LogP contribution < -0.4 is 4.74 Å². The number of nitrogens with zero attached hydrogens (tertiary/aromatic N) is 3. The molecule has 108 valence electrons. The molecule has 2 aromatic rings. The summed E-state index contributed by atoms with van der Waals surface area (Å²) in [5.74, 6) is 0.617. The maximum absolute atomic E-state index is 10.6. The summed E-state index contributed by atoms with van der Waals surface area (Å²) in [7, 11) is 0. The lowest BCUT2D eigenvalue weighted by atomic mass is 9.98. The van der Waals surface area contributed by atoms with E-state index in [0.29, 0.717) is 17.2 Å². The molecule has 1 N–H and O–H groups in total. The molecular weight excluding hydrogens is 278 g/mol. The van der Waals surface area contributed by atoms with E-state index in [-0.39, 0.29) is 0 Å². The number of ether oxygens (including phenoxy) is 1. The lowest BCUT2D eigenvalue weighted by Crippen LogP contribution is -2.40. The van der Waals surface area contributed by atoms with Crippen LogP contribution in [0.2, 0.25) is 5.02 Å². The van der Waals surface area contributed by atoms with E-state index in [2.05, 4.69) is 10.1 Å². The van der Waals surface area contributed by atoms with Crippen molar-refractivity contribution < 1.29 is 9.84 Å². The zero-order chi connectivity index (χ0) is 14.6. The van der Waals surface area contributed by atoms with Gasteiger partial charge in [0, 0.05) is 5.02 Å². The number of rotatable bonds is 6. The topological polar surface area (TPSA) is 60.2 Å². The van der Waals surface area contributed by atoms with Gasteiger partial charge in [-0.2, -0.15) is 5.10 Å². The van der Waals surface area contributed by atoms with Crippen LogP contribution in [0.5, 0.6) is 5.75 Å². The van der Waals surface area contributed by atoms with Gasteiger partial charge in [0.15, 0.2) is 0 Å². The summed E-state index contributed by atoms with van der Waals surface area (Å²) in [6.07, 6.45) is 3.73. The Morgan fingerprint density at radius 1 is 1.40 bits per heavy atom. The Balaban J connectivity index is 2.25. The quantitative estimate of drug-likeness (QED) is 0.890. The van der Waals surface area contributed by atoms with E-state index in [1.165, 1.54) is 17.3 Å². The summed E-state index contributed by atoms with van der Waals surface area (Å²) in [4.78, 5) is 3.91. The molecule has 2 rings (SSSR count). The van der Waals surface area contributed by atoms with Gasteiger partial charge in [0.25, 0.3) is 0 Å². The van der Waals surface area contributed by atoms with E-state index in [9.17, 15) is 5.11 Å². The molecule has 0 aliphatic carbocycles. The van der Waals surface area contributed by atoms with Crippen LogP contribution in [0.15, 0.2) is 36.9 Å². The molecule has 0 saturated heterocycles. The van der Waals surface area contributed by atoms with Gasteiger partial charge in [-0.1, -0.05) is 24.9 Å². The first-order chi connectivity index (χ1) is 9.53. The number of aliphatic hydroxyl groups is 1. The first kappa shape index (κ1) is 14.8. The van der Waals surface area contributed by atoms with Crippen molar-refractivity contribution in [1.82, 2.24) is 14.8 Å². The Kier molecular flexibility index (Phi) is 4.62. The van der Waals surface area contributed by atoms with Crippen molar-refractivity contribution in [3.05, 3.63) is 41.9 Å². The summed E-state index contributed by atoms with van der Waals surface area (Å²) in [6, 6.07) is 7.00. The van der Waals surface area contributed by atoms with Crippen molar-refractivity contribution in [2.24, 2.45) is 0 Å². The molecule has 0 aliphatic rings. The molecule has 1 aromatic heterocycles. The maximum atomic E-state index is 10.6. The molecule has 1 heterocycles. The third kappa shape index (κ3) is 3.49. The predicted octanol–water partition coefficient (Wildman–Crippen LogP) is 3.06. The van der Waals surface area contributed by atoms with E-state index in [1.807, 2.05) is 6.92 Å². The highest BCUT2D eigenvalue weighted by Crippen LogP contribution is 2.30. The molecule has 1 aromatic carbocycles. The minimum absolute atomic E-state index is 0.588. The van der Waals surface area contributed by atoms with Crippen molar-refractivity contribution in [2.75, 3.05) is 0 Å². The average molecular weight is 296 g/mol. The minimum Gasteiger partial charge on any atom is -0.466 e. The highest BCUT2D eigenvalue weighted by atomic mass is 35.5. The molecule has 5 nitrogen and oxygen atoms in total. The van der Waals surface area contributed by atoms with E-state index < -0.39 is 11.8 Å². The van der Waals surface area contributed by atoms with Gasteiger partial charge < -0.3 is 9.84 Å². The molecule has 0 amide bonds. The Morgan fingerprint density at radius 3 is 2.65 bits per heavy atom. The monoisotopic (exact) mass is 295 g/mol. The largest absolute Gasteiger partial charge is 0.466 e. The summed E-state index contributed by atoms with van der Waals surface area (Å²) in [6.45, 7) is 3.74. The molecule has 0 spiro atoms. The van der Waals surface area contributed by atoms with E-state index >= 15 is 0 Å². The second kappa shape index (κ2) is 6.24. The highest BCUT2D eigenvalue weighted by molar-refractivity contribution is 6.30. The Hall–Kier alpha value is -1.59. The molecule has 6 heteroatoms. The second-order valence-corrected chi connectivity index (χ2v) is 5.34. The lowest BCUT2D eigenvalue weighted by molar-refractivity contribution is -0.0971. The van der Waals surface area contributed by atoms with Gasteiger partial charge in [0.2, 0.25) is 6.23 Å². The molecule has 0 saturated carbocycles. The van der Waals surface area contributed by atoms with Gasteiger partial charge in [0.05, 0.1) is 0 Å². The van der Waals surface area contributed by atoms with E-state index in [0.717, 1.165) is 6.42 Å². The SMILES string of the molecule is CCCC(C)(O)C(Oc1ccc(Cl)cc1)n1cncn1. The van der Waals surface area contributed by atoms with Gasteiger partial charge >= 0.3 is 0 Å². The summed E-state index contributed by atoms with van der Waals surface area (Å²) >= 11 is 5.85. The standard InChI is InChI=1S/C14H18ClN3O2/c1-3-8-14(2,19)13(18-10-16-9-17-18)20-12-6-4-11(15)5-7-12/h4-7,9-10,13,19H,3,8H2,1-2H3. The van der Waals surface area contributed by atoms with Crippen LogP contribution in [0.25, 0.3) is 0 Å². The van der Waals surface area contributed by atoms with Crippen molar-refractivity contribution in [3.8, 4) is 5.75 Å². The fourth-order valence-electron chi connectivity index (χ4n) is 2.08. The van der Waals surface area contributed by atoms with Gasteiger partial charge in [-0.3, -0.25) is 0 Å². The van der Waals surface area contributed by atoms with Gasteiger partial charge in [0.1, 0.15) is 24.0 Å². The fraction of sp³-hybridized carbons (Fsp3) is 0.429. The van der Waals surface area contributed by atoms with Gasteiger partial charge in [-0.05, 0) is 37.6 Å². The lowest BCUT2D eigenvalue weighted by Gasteiger charge is -2.32. The molecule has 2 unspecified atom stereocenters. The molecule has 0 radical (unpaired) electrons. The summed E-state index contributed by atoms with van der Waals surface area (Å²) in [5.41, 5.74) is -1.05. The third-order valence-electron chi connectivity index (χ3n) is 3.03. The van der Waals surface area contributed by atoms with Crippen LogP contribution in [0.1, 0.15) is 32.9 Å². The van der Waals surface area contributed by atoms with Crippen LogP contribution in [0.4, 0.5) is 0 Å². The molecule has 0 fully saturated rings. The van der Waals surface area contributed by atoms with E-state index in [1.54, 1.807) is 31.2 Å². The fourth-order valence-corrected chi connectivity index (χ4v) is 2.20. The normalized spacial score (nSPS) is 15.6. The first-order valence-electron chi connectivity index (χ1n) is 6.51. The third-order valence-corrected chi connectivity index (χ3v) is 3.28. The smallest absolute Gasteiger partial charge is 0.221 e. The average Bonchev–Trinajstić information content (AvgIpc) is 2.91. The molecule has 0 aliphatic heterocycles. The molecule has 2 atom stereocenters. The number of aromatic nitrogens is 3. The van der Waals surface area contributed by atoms with Crippen LogP contribution in [-0.2, 0) is 0 Å². The van der Waals surface area contributed by atoms with Crippen LogP contribution >= 0.6 is 11.6 Å². The number of benzene rings is 1. The van der Waals surface area contributed by atoms with Crippen molar-refractivity contribution in [3.63, 3.8) is 0 Å². The molecular formula is C14H18ClN3O2. The number of halogens is 1. The Labute approximate surface area is 123 Å². The highest BCUT2D eigenvalue weighted by Gasteiger charge is 2.35. The van der Waals surface area contributed by atoms with Crippen LogP contribution in [0.3, 0.4) is 0 Å². The predicted molar refractivity (Wildman–Crippen MR) is 76.7 cm³/mol. The van der Waals surface area contributed by atoms with E-state index in [4.69, 9.17) is 16.3 Å². The van der Waals surface area contributed by atoms with Gasteiger partial charge in [-0.15, -0.1) is 0 Å². The van der Waals surface area contributed by atoms with Crippen molar-refractivity contribution in [2.45, 2.75) is 38.5 Å². The zero-order valence-electron chi connectivity index (χ0n) is 11.5. The van der Waals surface area contributed by atoms with Crippen molar-refractivity contribution >= 4 is 11.6 Å². The van der Waals surface area contributed by atoms with Crippen molar-refractivity contribution in [1.29, 1.82) is 0 Å². The molecule has 20 heavy (non-hydrogen) atoms. The Morgan fingerprint density at radius 2 is 2.10 bits per heavy atom. The van der Waals surface area contributed by atoms with Gasteiger partial charge in [-0.25, -0.2) is 9.67 Å². The zero-order valence-corrected chi connectivity index (χ0v) is 12.3. The number of hydrogen-bond acceptors (Lipinski definition) is 4. The maximum Gasteiger partial charge on any atom is 0.221 e. The first-order valence-corrected chi connectivity index (χ1v) is 6.89. The summed E-state index contributed by atoms with van der Waals surface area (Å²) < 4.78 is 7.40. The Bertz CT molecular complexity index is 526. The second-order valence-electron chi connectivity index (χ2n) is 4.91.